The van der Waals surface area contributed by atoms with Crippen molar-refractivity contribution in [3.8, 4) is 23.7 Å². The Hall–Kier alpha value is -3.62. The van der Waals surface area contributed by atoms with Crippen molar-refractivity contribution in [1.82, 2.24) is 10.8 Å². The number of hydroxylamine groups is 1. The van der Waals surface area contributed by atoms with Gasteiger partial charge in [-0.05, 0) is 53.8 Å². The third-order valence-electron chi connectivity index (χ3n) is 3.75. The number of rotatable bonds is 5. The van der Waals surface area contributed by atoms with Crippen molar-refractivity contribution in [2.24, 2.45) is 11.5 Å². The second-order valence-electron chi connectivity index (χ2n) is 5.72. The number of carbonyl (C=O) groups excluding carboxylic acids is 2. The Bertz CT molecular complexity index is 963. The van der Waals surface area contributed by atoms with Crippen molar-refractivity contribution in [1.29, 1.82) is 0 Å². The predicted octanol–water partition coefficient (Wildman–Crippen LogP) is 0.747. The van der Waals surface area contributed by atoms with Gasteiger partial charge in [-0.1, -0.05) is 31.4 Å². The average Bonchev–Trinajstić information content (AvgIpc) is 2.74. The predicted molar refractivity (Wildman–Crippen MR) is 112 cm³/mol. The molecule has 0 aromatic heterocycles. The lowest BCUT2D eigenvalue weighted by Crippen LogP contribution is -2.50. The maximum Gasteiger partial charge on any atom is 0.267 e. The highest BCUT2D eigenvalue weighted by Gasteiger charge is 2.19. The van der Waals surface area contributed by atoms with Crippen molar-refractivity contribution in [2.45, 2.75) is 20.0 Å². The Morgan fingerprint density at radius 3 is 2.24 bits per heavy atom. The summed E-state index contributed by atoms with van der Waals surface area (Å²) in [7, 11) is 0. The molecule has 7 nitrogen and oxygen atoms in total. The van der Waals surface area contributed by atoms with Crippen LogP contribution in [-0.2, 0) is 11.3 Å². The van der Waals surface area contributed by atoms with Gasteiger partial charge in [-0.2, -0.15) is 0 Å². The molecule has 2 amide bonds. The maximum atomic E-state index is 12.1. The topological polar surface area (TPSA) is 130 Å². The van der Waals surface area contributed by atoms with E-state index in [-0.39, 0.29) is 14.0 Å². The number of amides is 2. The molecular formula is C22H24N4O3. The highest BCUT2D eigenvalue weighted by atomic mass is 16.5. The molecule has 2 aromatic carbocycles. The molecule has 0 aliphatic carbocycles. The normalized spacial score (nSPS) is 10.2. The van der Waals surface area contributed by atoms with Gasteiger partial charge in [0.05, 0.1) is 0 Å². The number of nitrogens with two attached hydrogens (primary N) is 2. The molecule has 7 heteroatoms. The lowest BCUT2D eigenvalue weighted by Gasteiger charge is -2.14. The van der Waals surface area contributed by atoms with E-state index in [1.807, 2.05) is 24.3 Å². The number of hydrogen-bond donors (Lipinski definition) is 5. The van der Waals surface area contributed by atoms with Crippen LogP contribution in [0.4, 0.5) is 0 Å². The van der Waals surface area contributed by atoms with E-state index in [2.05, 4.69) is 29.0 Å². The summed E-state index contributed by atoms with van der Waals surface area (Å²) in [5.41, 5.74) is 15.3. The molecule has 0 radical (unpaired) electrons. The van der Waals surface area contributed by atoms with Gasteiger partial charge >= 0.3 is 0 Å². The molecule has 0 bridgehead atoms. The standard InChI is InChI=1S/C21H20N4O3.CH4/c22-13-17-7-3-6-16(12-17)5-2-1-4-15-8-10-18(11-9-15)20(26)24-19(14-23)21(27)25-28;/h3,6-12,19,28H,13-14,22-23H2,(H,24,26)(H,25,27);1H4/t19-;/m0./s1. The second kappa shape index (κ2) is 12.0. The molecule has 0 fully saturated rings. The van der Waals surface area contributed by atoms with Crippen LogP contribution in [0.1, 0.15) is 34.5 Å². The number of benzene rings is 2. The summed E-state index contributed by atoms with van der Waals surface area (Å²) in [6, 6.07) is 13.1. The summed E-state index contributed by atoms with van der Waals surface area (Å²) in [5, 5.41) is 11.0. The van der Waals surface area contributed by atoms with E-state index in [9.17, 15) is 9.59 Å². The van der Waals surface area contributed by atoms with E-state index in [1.54, 1.807) is 24.3 Å². The summed E-state index contributed by atoms with van der Waals surface area (Å²) >= 11 is 0. The van der Waals surface area contributed by atoms with Gasteiger partial charge in [-0.3, -0.25) is 14.8 Å². The molecule has 2 rings (SSSR count). The van der Waals surface area contributed by atoms with Crippen LogP contribution < -0.4 is 22.3 Å². The molecule has 29 heavy (non-hydrogen) atoms. The molecule has 0 heterocycles. The van der Waals surface area contributed by atoms with Gasteiger partial charge in [0.15, 0.2) is 0 Å². The quantitative estimate of drug-likeness (QED) is 0.291. The zero-order valence-electron chi connectivity index (χ0n) is 15.0. The molecule has 7 N–H and O–H groups in total. The van der Waals surface area contributed by atoms with Crippen molar-refractivity contribution in [2.75, 3.05) is 6.54 Å². The van der Waals surface area contributed by atoms with Crippen LogP contribution in [0.5, 0.6) is 0 Å². The smallest absolute Gasteiger partial charge is 0.267 e. The summed E-state index contributed by atoms with van der Waals surface area (Å²) in [6.45, 7) is 0.312. The molecule has 2 aromatic rings. The van der Waals surface area contributed by atoms with Crippen LogP contribution in [0.3, 0.4) is 0 Å². The minimum Gasteiger partial charge on any atom is -0.339 e. The average molecular weight is 392 g/mol. The molecule has 0 unspecified atom stereocenters. The Labute approximate surface area is 170 Å². The number of hydrogen-bond acceptors (Lipinski definition) is 5. The van der Waals surface area contributed by atoms with Crippen molar-refractivity contribution in [3.05, 3.63) is 70.8 Å². The Morgan fingerprint density at radius 2 is 1.66 bits per heavy atom. The Kier molecular flexibility index (Phi) is 9.66. The van der Waals surface area contributed by atoms with Crippen LogP contribution in [0.2, 0.25) is 0 Å². The number of carbonyl (C=O) groups is 2. The van der Waals surface area contributed by atoms with Crippen molar-refractivity contribution in [3.63, 3.8) is 0 Å². The summed E-state index contributed by atoms with van der Waals surface area (Å²) in [6.07, 6.45) is 0. The first-order valence-electron chi connectivity index (χ1n) is 8.43. The monoisotopic (exact) mass is 392 g/mol. The van der Waals surface area contributed by atoms with Crippen LogP contribution in [-0.4, -0.2) is 29.6 Å². The highest BCUT2D eigenvalue weighted by molar-refractivity contribution is 5.97. The highest BCUT2D eigenvalue weighted by Crippen LogP contribution is 2.04. The minimum absolute atomic E-state index is 0. The third kappa shape index (κ3) is 7.13. The Morgan fingerprint density at radius 1 is 1.00 bits per heavy atom. The van der Waals surface area contributed by atoms with E-state index >= 15 is 0 Å². The van der Waals surface area contributed by atoms with Gasteiger partial charge in [0.2, 0.25) is 0 Å². The molecule has 1 atom stereocenters. The second-order valence-corrected chi connectivity index (χ2v) is 5.72. The van der Waals surface area contributed by atoms with Gasteiger partial charge in [-0.25, -0.2) is 5.48 Å². The molecule has 0 spiro atoms. The molecule has 0 saturated heterocycles. The Balaban J connectivity index is 0.00000420. The largest absolute Gasteiger partial charge is 0.339 e. The van der Waals surface area contributed by atoms with E-state index in [0.29, 0.717) is 17.7 Å². The van der Waals surface area contributed by atoms with Crippen molar-refractivity contribution < 1.29 is 14.8 Å². The summed E-state index contributed by atoms with van der Waals surface area (Å²) in [4.78, 5) is 23.5. The first kappa shape index (κ1) is 23.4. The van der Waals surface area contributed by atoms with Crippen molar-refractivity contribution >= 4 is 11.8 Å². The number of nitrogens with one attached hydrogen (secondary N) is 2. The molecule has 0 aliphatic heterocycles. The van der Waals surface area contributed by atoms with Gasteiger partial charge in [0.25, 0.3) is 11.8 Å². The van der Waals surface area contributed by atoms with Gasteiger partial charge in [0, 0.05) is 29.8 Å². The summed E-state index contributed by atoms with van der Waals surface area (Å²) in [5.74, 6) is 10.1. The first-order chi connectivity index (χ1) is 13.6. The molecule has 0 aliphatic rings. The van der Waals surface area contributed by atoms with Crippen LogP contribution in [0, 0.1) is 23.7 Å². The molecule has 150 valence electrons. The zero-order chi connectivity index (χ0) is 20.4. The third-order valence-corrected chi connectivity index (χ3v) is 3.75. The van der Waals surface area contributed by atoms with Gasteiger partial charge in [0.1, 0.15) is 6.04 Å². The SMILES string of the molecule is C.NCc1cccc(C#CC#Cc2ccc(C(=O)N[C@@H](CN)C(=O)NO)cc2)c1. The fourth-order valence-electron chi connectivity index (χ4n) is 2.24. The van der Waals surface area contributed by atoms with Crippen LogP contribution in [0.25, 0.3) is 0 Å². The van der Waals surface area contributed by atoms with Crippen LogP contribution in [0.15, 0.2) is 48.5 Å². The fraction of sp³-hybridized carbons (Fsp3) is 0.182. The van der Waals surface area contributed by atoms with E-state index < -0.39 is 17.9 Å². The summed E-state index contributed by atoms with van der Waals surface area (Å²) < 4.78 is 0. The van der Waals surface area contributed by atoms with E-state index in [4.69, 9.17) is 16.7 Å². The minimum atomic E-state index is -1.02. The first-order valence-corrected chi connectivity index (χ1v) is 8.43. The van der Waals surface area contributed by atoms with Gasteiger partial charge in [-0.15, -0.1) is 0 Å². The maximum absolute atomic E-state index is 12.1. The van der Waals surface area contributed by atoms with Crippen LogP contribution >= 0.6 is 0 Å². The fourth-order valence-corrected chi connectivity index (χ4v) is 2.24. The lowest BCUT2D eigenvalue weighted by molar-refractivity contribution is -0.130. The van der Waals surface area contributed by atoms with E-state index in [1.165, 1.54) is 5.48 Å². The molecule has 0 saturated carbocycles. The zero-order valence-corrected chi connectivity index (χ0v) is 15.0. The lowest BCUT2D eigenvalue weighted by atomic mass is 10.1. The van der Waals surface area contributed by atoms with E-state index in [0.717, 1.165) is 11.1 Å². The van der Waals surface area contributed by atoms with Gasteiger partial charge < -0.3 is 16.8 Å². The molecular weight excluding hydrogens is 368 g/mol.